The van der Waals surface area contributed by atoms with Crippen LogP contribution in [0.4, 0.5) is 10.6 Å². The number of anilines is 1. The van der Waals surface area contributed by atoms with Crippen molar-refractivity contribution in [3.63, 3.8) is 0 Å². The van der Waals surface area contributed by atoms with Crippen LogP contribution in [0.5, 0.6) is 0 Å². The van der Waals surface area contributed by atoms with Gasteiger partial charge in [0.05, 0.1) is 12.3 Å². The van der Waals surface area contributed by atoms with E-state index in [0.29, 0.717) is 24.9 Å². The molecule has 1 atom stereocenters. The number of carbonyl (C=O) groups is 1. The Morgan fingerprint density at radius 1 is 1.39 bits per heavy atom. The lowest BCUT2D eigenvalue weighted by molar-refractivity contribution is 0.0791. The van der Waals surface area contributed by atoms with Gasteiger partial charge in [0.25, 0.3) is 0 Å². The molecule has 1 fully saturated rings. The number of ether oxygens (including phenoxy) is 1. The molecule has 3 aromatic rings. The van der Waals surface area contributed by atoms with Gasteiger partial charge in [0.15, 0.2) is 0 Å². The summed E-state index contributed by atoms with van der Waals surface area (Å²) in [7, 11) is 1.82. The second kappa shape index (κ2) is 8.22. The number of urea groups is 1. The predicted molar refractivity (Wildman–Crippen MR) is 103 cm³/mol. The van der Waals surface area contributed by atoms with Crippen molar-refractivity contribution in [2.24, 2.45) is 7.05 Å². The number of rotatable bonds is 5. The Morgan fingerprint density at radius 2 is 2.32 bits per heavy atom. The minimum absolute atomic E-state index is 0.284. The molecular weight excluding hydrogens is 358 g/mol. The molecule has 4 rings (SSSR count). The van der Waals surface area contributed by atoms with Gasteiger partial charge in [-0.1, -0.05) is 6.07 Å². The highest BCUT2D eigenvalue weighted by atomic mass is 16.5. The zero-order valence-corrected chi connectivity index (χ0v) is 15.7. The summed E-state index contributed by atoms with van der Waals surface area (Å²) in [4.78, 5) is 20.6. The first-order chi connectivity index (χ1) is 13.7. The van der Waals surface area contributed by atoms with E-state index >= 15 is 0 Å². The van der Waals surface area contributed by atoms with Crippen molar-refractivity contribution < 1.29 is 9.53 Å². The zero-order chi connectivity index (χ0) is 19.3. The molecule has 0 aliphatic carbocycles. The first-order valence-electron chi connectivity index (χ1n) is 9.29. The van der Waals surface area contributed by atoms with Gasteiger partial charge in [0.1, 0.15) is 18.0 Å². The summed E-state index contributed by atoms with van der Waals surface area (Å²) < 4.78 is 9.03. The van der Waals surface area contributed by atoms with Crippen LogP contribution >= 0.6 is 0 Å². The van der Waals surface area contributed by atoms with Crippen LogP contribution in [0.15, 0.2) is 43.1 Å². The van der Waals surface area contributed by atoms with Crippen LogP contribution in [0.3, 0.4) is 0 Å². The standard InChI is InChI=1S/C19H23N7O2/c1-25-18(9-16(24-25)15-3-2-8-28-12-15)23-19(27)22-11-14-4-5-17(21-10-14)26-7-6-20-13-26/h4-7,9-10,13,15H,2-3,8,11-12H2,1H3,(H2,22,23,27). The number of pyridine rings is 1. The molecule has 1 aliphatic heterocycles. The summed E-state index contributed by atoms with van der Waals surface area (Å²) in [6.07, 6.45) is 9.06. The molecular formula is C19H23N7O2. The van der Waals surface area contributed by atoms with Crippen molar-refractivity contribution in [3.05, 3.63) is 54.4 Å². The quantitative estimate of drug-likeness (QED) is 0.706. The number of amides is 2. The van der Waals surface area contributed by atoms with Crippen molar-refractivity contribution in [2.75, 3.05) is 18.5 Å². The Kier molecular flexibility index (Phi) is 5.34. The predicted octanol–water partition coefficient (Wildman–Crippen LogP) is 2.22. The van der Waals surface area contributed by atoms with Gasteiger partial charge in [-0.15, -0.1) is 0 Å². The molecule has 0 radical (unpaired) electrons. The van der Waals surface area contributed by atoms with Crippen LogP contribution in [0.1, 0.15) is 30.0 Å². The fourth-order valence-electron chi connectivity index (χ4n) is 3.19. The van der Waals surface area contributed by atoms with E-state index in [-0.39, 0.29) is 6.03 Å². The summed E-state index contributed by atoms with van der Waals surface area (Å²) in [5, 5.41) is 10.2. The van der Waals surface area contributed by atoms with E-state index in [4.69, 9.17) is 4.74 Å². The van der Waals surface area contributed by atoms with Crippen LogP contribution in [-0.4, -0.2) is 43.6 Å². The third kappa shape index (κ3) is 4.20. The van der Waals surface area contributed by atoms with Crippen molar-refractivity contribution >= 4 is 11.8 Å². The number of hydrogen-bond donors (Lipinski definition) is 2. The summed E-state index contributed by atoms with van der Waals surface area (Å²) in [6.45, 7) is 1.88. The summed E-state index contributed by atoms with van der Waals surface area (Å²) >= 11 is 0. The Hall–Kier alpha value is -3.20. The Labute approximate surface area is 162 Å². The second-order valence-corrected chi connectivity index (χ2v) is 6.79. The first kappa shape index (κ1) is 18.2. The molecule has 4 heterocycles. The van der Waals surface area contributed by atoms with E-state index < -0.39 is 0 Å². The first-order valence-corrected chi connectivity index (χ1v) is 9.29. The molecule has 1 aliphatic rings. The van der Waals surface area contributed by atoms with Crippen molar-refractivity contribution in [2.45, 2.75) is 25.3 Å². The average Bonchev–Trinajstić information content (AvgIpc) is 3.38. The topological polar surface area (TPSA) is 98.9 Å². The molecule has 1 unspecified atom stereocenters. The lowest BCUT2D eigenvalue weighted by Gasteiger charge is -2.19. The van der Waals surface area contributed by atoms with E-state index in [0.717, 1.165) is 36.5 Å². The molecule has 0 spiro atoms. The van der Waals surface area contributed by atoms with E-state index in [1.54, 1.807) is 23.4 Å². The minimum Gasteiger partial charge on any atom is -0.381 e. The van der Waals surface area contributed by atoms with Crippen LogP contribution < -0.4 is 10.6 Å². The third-order valence-corrected chi connectivity index (χ3v) is 4.75. The molecule has 2 amide bonds. The molecule has 0 saturated carbocycles. The van der Waals surface area contributed by atoms with E-state index in [1.807, 2.05) is 36.0 Å². The number of aryl methyl sites for hydroxylation is 1. The molecule has 3 aromatic heterocycles. The normalized spacial score (nSPS) is 16.7. The van der Waals surface area contributed by atoms with Gasteiger partial charge in [-0.3, -0.25) is 14.6 Å². The Bertz CT molecular complexity index is 912. The van der Waals surface area contributed by atoms with Gasteiger partial charge in [0.2, 0.25) is 0 Å². The Morgan fingerprint density at radius 3 is 3.04 bits per heavy atom. The van der Waals surface area contributed by atoms with E-state index in [1.165, 1.54) is 0 Å². The molecule has 1 saturated heterocycles. The molecule has 9 heteroatoms. The molecule has 2 N–H and O–H groups in total. The third-order valence-electron chi connectivity index (χ3n) is 4.75. The maximum absolute atomic E-state index is 12.3. The number of hydrogen-bond acceptors (Lipinski definition) is 5. The number of imidazole rings is 1. The summed E-state index contributed by atoms with van der Waals surface area (Å²) in [6, 6.07) is 5.44. The van der Waals surface area contributed by atoms with Gasteiger partial charge < -0.3 is 10.1 Å². The molecule has 146 valence electrons. The zero-order valence-electron chi connectivity index (χ0n) is 15.7. The Balaban J connectivity index is 1.31. The van der Waals surface area contributed by atoms with Gasteiger partial charge in [0, 0.05) is 50.8 Å². The van der Waals surface area contributed by atoms with Gasteiger partial charge in [-0.05, 0) is 24.5 Å². The summed E-state index contributed by atoms with van der Waals surface area (Å²) in [5.41, 5.74) is 1.86. The lowest BCUT2D eigenvalue weighted by atomic mass is 9.99. The van der Waals surface area contributed by atoms with Crippen molar-refractivity contribution in [3.8, 4) is 5.82 Å². The lowest BCUT2D eigenvalue weighted by Crippen LogP contribution is -2.29. The molecule has 0 bridgehead atoms. The van der Waals surface area contributed by atoms with Gasteiger partial charge in [-0.25, -0.2) is 14.8 Å². The summed E-state index contributed by atoms with van der Waals surface area (Å²) in [5.74, 6) is 1.73. The average molecular weight is 381 g/mol. The van der Waals surface area contributed by atoms with Crippen LogP contribution in [-0.2, 0) is 18.3 Å². The maximum Gasteiger partial charge on any atom is 0.320 e. The smallest absolute Gasteiger partial charge is 0.320 e. The highest BCUT2D eigenvalue weighted by Gasteiger charge is 2.20. The van der Waals surface area contributed by atoms with Gasteiger partial charge >= 0.3 is 6.03 Å². The molecule has 9 nitrogen and oxygen atoms in total. The van der Waals surface area contributed by atoms with E-state index in [2.05, 4.69) is 25.7 Å². The number of aromatic nitrogens is 5. The van der Waals surface area contributed by atoms with Gasteiger partial charge in [-0.2, -0.15) is 5.10 Å². The largest absolute Gasteiger partial charge is 0.381 e. The fourth-order valence-corrected chi connectivity index (χ4v) is 3.19. The van der Waals surface area contributed by atoms with Crippen LogP contribution in [0.25, 0.3) is 5.82 Å². The monoisotopic (exact) mass is 381 g/mol. The highest BCUT2D eigenvalue weighted by molar-refractivity contribution is 5.88. The highest BCUT2D eigenvalue weighted by Crippen LogP contribution is 2.26. The van der Waals surface area contributed by atoms with Crippen molar-refractivity contribution in [1.82, 2.24) is 29.6 Å². The minimum atomic E-state index is -0.284. The molecule has 0 aromatic carbocycles. The van der Waals surface area contributed by atoms with Crippen LogP contribution in [0, 0.1) is 0 Å². The van der Waals surface area contributed by atoms with Crippen LogP contribution in [0.2, 0.25) is 0 Å². The van der Waals surface area contributed by atoms with E-state index in [9.17, 15) is 4.79 Å². The van der Waals surface area contributed by atoms with Crippen molar-refractivity contribution in [1.29, 1.82) is 0 Å². The maximum atomic E-state index is 12.3. The SMILES string of the molecule is Cn1nc(C2CCCOC2)cc1NC(=O)NCc1ccc(-n2ccnc2)nc1. The number of carbonyl (C=O) groups excluding carboxylic acids is 1. The second-order valence-electron chi connectivity index (χ2n) is 6.79. The number of nitrogens with one attached hydrogen (secondary N) is 2. The number of nitrogens with zero attached hydrogens (tertiary/aromatic N) is 5. The molecule has 28 heavy (non-hydrogen) atoms. The fraction of sp³-hybridized carbons (Fsp3) is 0.368.